The molecule has 5 heteroatoms. The molecule has 0 radical (unpaired) electrons. The third-order valence-corrected chi connectivity index (χ3v) is 3.36. The van der Waals surface area contributed by atoms with Crippen LogP contribution in [0, 0.1) is 0 Å². The molecule has 0 saturated carbocycles. The summed E-state index contributed by atoms with van der Waals surface area (Å²) in [6.07, 6.45) is 5.09. The lowest BCUT2D eigenvalue weighted by Gasteiger charge is -2.29. The maximum Gasteiger partial charge on any atom is 0.326 e. The molecular formula is C13H22N2O3. The molecule has 1 amide bonds. The molecule has 2 atom stereocenters. The second kappa shape index (κ2) is 6.54. The van der Waals surface area contributed by atoms with Gasteiger partial charge in [0.1, 0.15) is 6.04 Å². The first kappa shape index (κ1) is 14.7. The summed E-state index contributed by atoms with van der Waals surface area (Å²) < 4.78 is 0. The van der Waals surface area contributed by atoms with Gasteiger partial charge in [-0.05, 0) is 32.2 Å². The van der Waals surface area contributed by atoms with E-state index in [1.54, 1.807) is 0 Å². The molecule has 18 heavy (non-hydrogen) atoms. The van der Waals surface area contributed by atoms with E-state index in [0.29, 0.717) is 0 Å². The van der Waals surface area contributed by atoms with E-state index >= 15 is 0 Å². The first-order valence-corrected chi connectivity index (χ1v) is 6.45. The van der Waals surface area contributed by atoms with Crippen molar-refractivity contribution in [3.05, 3.63) is 12.7 Å². The highest BCUT2D eigenvalue weighted by molar-refractivity contribution is 5.90. The molecule has 1 rings (SSSR count). The predicted octanol–water partition coefficient (Wildman–Crippen LogP) is 1.05. The van der Waals surface area contributed by atoms with Crippen molar-refractivity contribution in [1.82, 2.24) is 10.6 Å². The molecule has 5 nitrogen and oxygen atoms in total. The minimum absolute atomic E-state index is 0.198. The molecule has 1 aliphatic heterocycles. The second-order valence-electron chi connectivity index (χ2n) is 4.75. The van der Waals surface area contributed by atoms with Crippen LogP contribution in [-0.4, -0.2) is 35.1 Å². The molecule has 1 heterocycles. The summed E-state index contributed by atoms with van der Waals surface area (Å²) in [4.78, 5) is 23.3. The number of rotatable bonds is 7. The van der Waals surface area contributed by atoms with Crippen LogP contribution in [-0.2, 0) is 9.59 Å². The zero-order valence-electron chi connectivity index (χ0n) is 10.9. The van der Waals surface area contributed by atoms with Gasteiger partial charge in [0.05, 0.1) is 5.54 Å². The number of hydrogen-bond donors (Lipinski definition) is 3. The second-order valence-corrected chi connectivity index (χ2v) is 4.75. The largest absolute Gasteiger partial charge is 0.480 e. The number of aliphatic carboxylic acids is 1. The number of carboxylic acid groups (broad SMARTS) is 1. The Balaban J connectivity index is 2.71. The fraction of sp³-hybridized carbons (Fsp3) is 0.692. The lowest BCUT2D eigenvalue weighted by Crippen LogP contribution is -2.57. The van der Waals surface area contributed by atoms with Crippen LogP contribution in [0.2, 0.25) is 0 Å². The summed E-state index contributed by atoms with van der Waals surface area (Å²) in [6, 6.07) is -0.883. The predicted molar refractivity (Wildman–Crippen MR) is 69.3 cm³/mol. The van der Waals surface area contributed by atoms with Crippen LogP contribution in [0.15, 0.2) is 12.7 Å². The van der Waals surface area contributed by atoms with Gasteiger partial charge in [-0.1, -0.05) is 19.4 Å². The van der Waals surface area contributed by atoms with Crippen LogP contribution in [0.25, 0.3) is 0 Å². The zero-order valence-corrected chi connectivity index (χ0v) is 10.9. The van der Waals surface area contributed by atoms with E-state index in [1.165, 1.54) is 6.08 Å². The number of hydrogen-bond acceptors (Lipinski definition) is 3. The SMILES string of the molecule is C=CCC(NC(=O)C1(CCC)CCCN1)C(=O)O. The van der Waals surface area contributed by atoms with E-state index in [4.69, 9.17) is 5.11 Å². The molecule has 2 unspecified atom stereocenters. The van der Waals surface area contributed by atoms with E-state index in [9.17, 15) is 9.59 Å². The first-order chi connectivity index (χ1) is 8.55. The van der Waals surface area contributed by atoms with Crippen molar-refractivity contribution in [2.75, 3.05) is 6.54 Å². The number of carbonyl (C=O) groups excluding carboxylic acids is 1. The van der Waals surface area contributed by atoms with Crippen LogP contribution in [0.3, 0.4) is 0 Å². The highest BCUT2D eigenvalue weighted by atomic mass is 16.4. The molecule has 102 valence electrons. The third-order valence-electron chi connectivity index (χ3n) is 3.36. The molecule has 1 saturated heterocycles. The Bertz CT molecular complexity index is 322. The van der Waals surface area contributed by atoms with E-state index in [2.05, 4.69) is 17.2 Å². The molecular weight excluding hydrogens is 232 g/mol. The smallest absolute Gasteiger partial charge is 0.326 e. The highest BCUT2D eigenvalue weighted by Crippen LogP contribution is 2.25. The minimum Gasteiger partial charge on any atom is -0.480 e. The van der Waals surface area contributed by atoms with Crippen molar-refractivity contribution < 1.29 is 14.7 Å². The zero-order chi connectivity index (χ0) is 13.6. The van der Waals surface area contributed by atoms with Crippen LogP contribution in [0.4, 0.5) is 0 Å². The van der Waals surface area contributed by atoms with Gasteiger partial charge in [0.15, 0.2) is 0 Å². The maximum absolute atomic E-state index is 12.3. The quantitative estimate of drug-likeness (QED) is 0.593. The average molecular weight is 254 g/mol. The molecule has 0 aromatic heterocycles. The molecule has 1 fully saturated rings. The highest BCUT2D eigenvalue weighted by Gasteiger charge is 2.41. The summed E-state index contributed by atoms with van der Waals surface area (Å²) in [5, 5.41) is 14.9. The molecule has 0 bridgehead atoms. The fourth-order valence-electron chi connectivity index (χ4n) is 2.44. The van der Waals surface area contributed by atoms with E-state index in [1.807, 2.05) is 6.92 Å². The monoisotopic (exact) mass is 254 g/mol. The van der Waals surface area contributed by atoms with Crippen LogP contribution >= 0.6 is 0 Å². The van der Waals surface area contributed by atoms with Crippen molar-refractivity contribution in [2.24, 2.45) is 0 Å². The summed E-state index contributed by atoms with van der Waals surface area (Å²) in [5.74, 6) is -1.22. The van der Waals surface area contributed by atoms with Crippen molar-refractivity contribution in [2.45, 2.75) is 50.6 Å². The van der Waals surface area contributed by atoms with E-state index in [0.717, 1.165) is 32.2 Å². The van der Waals surface area contributed by atoms with Crippen molar-refractivity contribution >= 4 is 11.9 Å². The molecule has 3 N–H and O–H groups in total. The Kier molecular flexibility index (Phi) is 5.34. The van der Waals surface area contributed by atoms with Crippen LogP contribution < -0.4 is 10.6 Å². The Morgan fingerprint density at radius 1 is 1.61 bits per heavy atom. The van der Waals surface area contributed by atoms with Crippen molar-refractivity contribution in [3.8, 4) is 0 Å². The third kappa shape index (κ3) is 3.32. The summed E-state index contributed by atoms with van der Waals surface area (Å²) >= 11 is 0. The average Bonchev–Trinajstić information content (AvgIpc) is 2.78. The lowest BCUT2D eigenvalue weighted by molar-refractivity contribution is -0.142. The maximum atomic E-state index is 12.3. The Morgan fingerprint density at radius 3 is 2.78 bits per heavy atom. The summed E-state index contributed by atoms with van der Waals surface area (Å²) in [6.45, 7) is 6.34. The number of carbonyl (C=O) groups is 2. The van der Waals surface area contributed by atoms with Gasteiger partial charge in [0, 0.05) is 0 Å². The number of carboxylic acids is 1. The van der Waals surface area contributed by atoms with Crippen LogP contribution in [0.5, 0.6) is 0 Å². The van der Waals surface area contributed by atoms with Gasteiger partial charge < -0.3 is 15.7 Å². The summed E-state index contributed by atoms with van der Waals surface area (Å²) in [5.41, 5.74) is -0.580. The minimum atomic E-state index is -1.02. The van der Waals surface area contributed by atoms with Crippen molar-refractivity contribution in [1.29, 1.82) is 0 Å². The van der Waals surface area contributed by atoms with Gasteiger partial charge in [0.2, 0.25) is 5.91 Å². The molecule has 0 aromatic rings. The molecule has 0 aliphatic carbocycles. The Hall–Kier alpha value is -1.36. The normalized spacial score (nSPS) is 24.5. The Labute approximate surface area is 108 Å². The molecule has 1 aliphatic rings. The van der Waals surface area contributed by atoms with E-state index < -0.39 is 17.6 Å². The number of nitrogens with one attached hydrogen (secondary N) is 2. The van der Waals surface area contributed by atoms with Gasteiger partial charge in [-0.25, -0.2) is 4.79 Å². The first-order valence-electron chi connectivity index (χ1n) is 6.45. The summed E-state index contributed by atoms with van der Waals surface area (Å²) in [7, 11) is 0. The van der Waals surface area contributed by atoms with Gasteiger partial charge in [-0.2, -0.15) is 0 Å². The van der Waals surface area contributed by atoms with Gasteiger partial charge in [0.25, 0.3) is 0 Å². The van der Waals surface area contributed by atoms with Gasteiger partial charge in [-0.3, -0.25) is 4.79 Å². The topological polar surface area (TPSA) is 78.4 Å². The lowest BCUT2D eigenvalue weighted by atomic mass is 9.90. The van der Waals surface area contributed by atoms with E-state index in [-0.39, 0.29) is 12.3 Å². The van der Waals surface area contributed by atoms with Crippen molar-refractivity contribution in [3.63, 3.8) is 0 Å². The van der Waals surface area contributed by atoms with Gasteiger partial charge >= 0.3 is 5.97 Å². The number of amides is 1. The van der Waals surface area contributed by atoms with Gasteiger partial charge in [-0.15, -0.1) is 6.58 Å². The molecule has 0 aromatic carbocycles. The molecule has 0 spiro atoms. The standard InChI is InChI=1S/C13H22N2O3/c1-3-6-10(11(16)17)15-12(18)13(7-4-2)8-5-9-14-13/h3,10,14H,1,4-9H2,2H3,(H,15,18)(H,16,17). The van der Waals surface area contributed by atoms with Crippen LogP contribution in [0.1, 0.15) is 39.0 Å². The fourth-order valence-corrected chi connectivity index (χ4v) is 2.44. The Morgan fingerprint density at radius 2 is 2.33 bits per heavy atom.